The van der Waals surface area contributed by atoms with Crippen LogP contribution in [0.2, 0.25) is 0 Å². The summed E-state index contributed by atoms with van der Waals surface area (Å²) >= 11 is 0. The van der Waals surface area contributed by atoms with Crippen LogP contribution in [0.1, 0.15) is 30.9 Å². The molecule has 1 aromatic rings. The van der Waals surface area contributed by atoms with E-state index in [1.165, 1.54) is 25.3 Å². The van der Waals surface area contributed by atoms with Crippen LogP contribution < -0.4 is 10.1 Å². The average molecular weight is 386 g/mol. The van der Waals surface area contributed by atoms with Gasteiger partial charge in [0.05, 0.1) is 7.11 Å². The number of imide groups is 1. The van der Waals surface area contributed by atoms with Gasteiger partial charge in [-0.3, -0.25) is 14.5 Å². The lowest BCUT2D eigenvalue weighted by Gasteiger charge is -2.16. The molecule has 0 saturated carbocycles. The van der Waals surface area contributed by atoms with Gasteiger partial charge in [0.15, 0.2) is 0 Å². The van der Waals surface area contributed by atoms with E-state index in [4.69, 9.17) is 4.74 Å². The van der Waals surface area contributed by atoms with E-state index < -0.39 is 23.9 Å². The number of ether oxygens (including phenoxy) is 2. The molecule has 0 bridgehead atoms. The lowest BCUT2D eigenvalue weighted by atomic mass is 10.00. The van der Waals surface area contributed by atoms with Crippen LogP contribution in [0.5, 0.6) is 5.75 Å². The van der Waals surface area contributed by atoms with E-state index in [0.717, 1.165) is 10.5 Å². The first-order valence-corrected chi connectivity index (χ1v) is 8.71. The number of amides is 3. The monoisotopic (exact) mass is 386 g/mol. The van der Waals surface area contributed by atoms with Crippen molar-refractivity contribution in [1.82, 2.24) is 10.2 Å². The third-order valence-corrected chi connectivity index (χ3v) is 3.98. The number of hydrogen-bond donors (Lipinski definition) is 1. The quantitative estimate of drug-likeness (QED) is 0.437. The highest BCUT2D eigenvalue weighted by Crippen LogP contribution is 2.28. The Morgan fingerprint density at radius 3 is 2.46 bits per heavy atom. The van der Waals surface area contributed by atoms with Crippen LogP contribution in [-0.4, -0.2) is 49.0 Å². The van der Waals surface area contributed by atoms with Crippen LogP contribution in [0.25, 0.3) is 6.08 Å². The van der Waals surface area contributed by atoms with Gasteiger partial charge in [0.1, 0.15) is 5.75 Å². The fraction of sp³-hybridized carbons (Fsp3) is 0.300. The fourth-order valence-corrected chi connectivity index (χ4v) is 2.51. The Labute approximate surface area is 162 Å². The largest absolute Gasteiger partial charge is 0.466 e. The number of hydrogen-bond acceptors (Lipinski definition) is 6. The SMILES string of the molecule is COC(=O)/C=C/c1ccc(C(C)C)c(OC(=O)NCCN2C(=O)C=CC2=O)c1. The van der Waals surface area contributed by atoms with Crippen molar-refractivity contribution in [1.29, 1.82) is 0 Å². The lowest BCUT2D eigenvalue weighted by Crippen LogP contribution is -2.39. The molecule has 0 aromatic heterocycles. The minimum atomic E-state index is -0.706. The summed E-state index contributed by atoms with van der Waals surface area (Å²) in [6.07, 6.45) is 4.49. The number of esters is 1. The molecule has 8 heteroatoms. The van der Waals surface area contributed by atoms with Crippen molar-refractivity contribution in [3.63, 3.8) is 0 Å². The molecular weight excluding hydrogens is 364 g/mol. The molecule has 1 aliphatic rings. The minimum absolute atomic E-state index is 0.0543. The summed E-state index contributed by atoms with van der Waals surface area (Å²) in [7, 11) is 1.28. The summed E-state index contributed by atoms with van der Waals surface area (Å²) in [5.74, 6) is -0.852. The molecule has 1 heterocycles. The Kier molecular flexibility index (Phi) is 7.08. The molecule has 28 heavy (non-hydrogen) atoms. The number of rotatable bonds is 7. The molecular formula is C20H22N2O6. The third-order valence-electron chi connectivity index (χ3n) is 3.98. The van der Waals surface area contributed by atoms with Crippen LogP contribution in [0.3, 0.4) is 0 Å². The fourth-order valence-electron chi connectivity index (χ4n) is 2.51. The maximum absolute atomic E-state index is 12.1. The summed E-state index contributed by atoms with van der Waals surface area (Å²) < 4.78 is 9.95. The predicted octanol–water partition coefficient (Wildman–Crippen LogP) is 2.01. The molecule has 0 atom stereocenters. The van der Waals surface area contributed by atoms with Gasteiger partial charge in [-0.15, -0.1) is 0 Å². The highest BCUT2D eigenvalue weighted by atomic mass is 16.6. The zero-order valence-electron chi connectivity index (χ0n) is 15.9. The standard InChI is InChI=1S/C20H22N2O6/c1-13(2)15-6-4-14(5-9-19(25)27-3)12-16(15)28-20(26)21-10-11-22-17(23)7-8-18(22)24/h4-9,12-13H,10-11H2,1-3H3,(H,21,26)/b9-5+. The smallest absolute Gasteiger partial charge is 0.412 e. The van der Waals surface area contributed by atoms with Crippen LogP contribution in [0, 0.1) is 0 Å². The summed E-state index contributed by atoms with van der Waals surface area (Å²) in [5, 5.41) is 2.52. The summed E-state index contributed by atoms with van der Waals surface area (Å²) in [5.41, 5.74) is 1.48. The molecule has 0 spiro atoms. The molecule has 0 unspecified atom stereocenters. The molecule has 148 valence electrons. The van der Waals surface area contributed by atoms with E-state index >= 15 is 0 Å². The van der Waals surface area contributed by atoms with Crippen LogP contribution in [-0.2, 0) is 19.1 Å². The van der Waals surface area contributed by atoms with Crippen molar-refractivity contribution in [2.45, 2.75) is 19.8 Å². The second kappa shape index (κ2) is 9.50. The number of methoxy groups -OCH3 is 1. The van der Waals surface area contributed by atoms with E-state index in [1.807, 2.05) is 19.9 Å². The molecule has 8 nitrogen and oxygen atoms in total. The zero-order chi connectivity index (χ0) is 20.7. The Morgan fingerprint density at radius 1 is 1.18 bits per heavy atom. The Bertz CT molecular complexity index is 823. The predicted molar refractivity (Wildman–Crippen MR) is 101 cm³/mol. The van der Waals surface area contributed by atoms with Gasteiger partial charge in [-0.25, -0.2) is 9.59 Å². The third kappa shape index (κ3) is 5.54. The number of benzene rings is 1. The molecule has 0 aliphatic carbocycles. The molecule has 1 aromatic carbocycles. The Hall–Kier alpha value is -3.42. The first-order chi connectivity index (χ1) is 13.3. The second-order valence-electron chi connectivity index (χ2n) is 6.29. The molecule has 0 radical (unpaired) electrons. The van der Waals surface area contributed by atoms with Crippen LogP contribution in [0.4, 0.5) is 4.79 Å². The zero-order valence-corrected chi connectivity index (χ0v) is 15.9. The van der Waals surface area contributed by atoms with E-state index in [9.17, 15) is 19.2 Å². The lowest BCUT2D eigenvalue weighted by molar-refractivity contribution is -0.137. The van der Waals surface area contributed by atoms with Gasteiger partial charge in [0.25, 0.3) is 11.8 Å². The number of nitrogens with one attached hydrogen (secondary N) is 1. The first kappa shape index (κ1) is 20.9. The Balaban J connectivity index is 2.00. The maximum Gasteiger partial charge on any atom is 0.412 e. The van der Waals surface area contributed by atoms with Gasteiger partial charge in [-0.2, -0.15) is 0 Å². The Morgan fingerprint density at radius 2 is 1.86 bits per heavy atom. The average Bonchev–Trinajstić information content (AvgIpc) is 2.98. The molecule has 0 saturated heterocycles. The van der Waals surface area contributed by atoms with Crippen LogP contribution >= 0.6 is 0 Å². The van der Waals surface area contributed by atoms with E-state index in [-0.39, 0.29) is 19.0 Å². The van der Waals surface area contributed by atoms with Gasteiger partial charge in [-0.05, 0) is 29.2 Å². The van der Waals surface area contributed by atoms with E-state index in [1.54, 1.807) is 18.2 Å². The first-order valence-electron chi connectivity index (χ1n) is 8.71. The van der Waals surface area contributed by atoms with E-state index in [2.05, 4.69) is 10.1 Å². The molecule has 0 fully saturated rings. The van der Waals surface area contributed by atoms with E-state index in [0.29, 0.717) is 11.3 Å². The summed E-state index contributed by atoms with van der Waals surface area (Å²) in [6.45, 7) is 4.04. The van der Waals surface area contributed by atoms with Gasteiger partial charge in [-0.1, -0.05) is 26.0 Å². The molecule has 3 amide bonds. The molecule has 1 aliphatic heterocycles. The highest BCUT2D eigenvalue weighted by molar-refractivity contribution is 6.12. The normalized spacial score (nSPS) is 13.5. The molecule has 1 N–H and O–H groups in total. The summed E-state index contributed by atoms with van der Waals surface area (Å²) in [4.78, 5) is 47.3. The minimum Gasteiger partial charge on any atom is -0.466 e. The van der Waals surface area contributed by atoms with Gasteiger partial charge in [0.2, 0.25) is 0 Å². The van der Waals surface area contributed by atoms with Crippen molar-refractivity contribution in [2.75, 3.05) is 20.2 Å². The topological polar surface area (TPSA) is 102 Å². The maximum atomic E-state index is 12.1. The van der Waals surface area contributed by atoms with Crippen LogP contribution in [0.15, 0.2) is 36.4 Å². The van der Waals surface area contributed by atoms with Gasteiger partial charge in [0, 0.05) is 31.3 Å². The van der Waals surface area contributed by atoms with Crippen molar-refractivity contribution in [2.24, 2.45) is 0 Å². The van der Waals surface area contributed by atoms with Gasteiger partial charge >= 0.3 is 12.1 Å². The molecule has 2 rings (SSSR count). The summed E-state index contributed by atoms with van der Waals surface area (Å²) in [6, 6.07) is 5.26. The number of nitrogens with zero attached hydrogens (tertiary/aromatic N) is 1. The highest BCUT2D eigenvalue weighted by Gasteiger charge is 2.22. The van der Waals surface area contributed by atoms with Crippen molar-refractivity contribution in [3.8, 4) is 5.75 Å². The van der Waals surface area contributed by atoms with Gasteiger partial charge < -0.3 is 14.8 Å². The van der Waals surface area contributed by atoms with Crippen molar-refractivity contribution >= 4 is 30.0 Å². The van der Waals surface area contributed by atoms with Crippen molar-refractivity contribution < 1.29 is 28.7 Å². The second-order valence-corrected chi connectivity index (χ2v) is 6.29. The number of carbonyl (C=O) groups is 4. The van der Waals surface area contributed by atoms with Crippen molar-refractivity contribution in [3.05, 3.63) is 47.6 Å². The number of carbonyl (C=O) groups excluding carboxylic acids is 4.